The van der Waals surface area contributed by atoms with E-state index in [1.807, 2.05) is 25.3 Å². The Bertz CT molecular complexity index is 348. The molecule has 0 aliphatic rings. The van der Waals surface area contributed by atoms with E-state index in [4.69, 9.17) is 0 Å². The summed E-state index contributed by atoms with van der Waals surface area (Å²) in [5.74, 6) is 0. The summed E-state index contributed by atoms with van der Waals surface area (Å²) in [4.78, 5) is 4.34. The second-order valence-corrected chi connectivity index (χ2v) is 3.07. The summed E-state index contributed by atoms with van der Waals surface area (Å²) in [5.41, 5.74) is 4.59. The molecule has 13 heavy (non-hydrogen) atoms. The fourth-order valence-corrected chi connectivity index (χ4v) is 1.28. The second kappa shape index (κ2) is 4.04. The first-order chi connectivity index (χ1) is 6.20. The minimum atomic E-state index is 1.04. The molecule has 1 aromatic heterocycles. The summed E-state index contributed by atoms with van der Waals surface area (Å²) in [6.45, 7) is 9.96. The third kappa shape index (κ3) is 1.86. The monoisotopic (exact) mass is 173 g/mol. The maximum atomic E-state index is 4.34. The number of pyridine rings is 1. The van der Waals surface area contributed by atoms with Crippen LogP contribution >= 0.6 is 0 Å². The van der Waals surface area contributed by atoms with Gasteiger partial charge in [0.2, 0.25) is 0 Å². The van der Waals surface area contributed by atoms with Crippen molar-refractivity contribution in [1.29, 1.82) is 0 Å². The lowest BCUT2D eigenvalue weighted by molar-refractivity contribution is 1.22. The lowest BCUT2D eigenvalue weighted by Crippen LogP contribution is -1.93. The quantitative estimate of drug-likeness (QED) is 0.667. The molecule has 1 aromatic rings. The van der Waals surface area contributed by atoms with Crippen molar-refractivity contribution in [3.63, 3.8) is 0 Å². The SMILES string of the molecule is C=Cc1c(C)ccnc1/C(C)=C\C. The number of aromatic nitrogens is 1. The average molecular weight is 173 g/mol. The maximum absolute atomic E-state index is 4.34. The Morgan fingerprint density at radius 3 is 2.77 bits per heavy atom. The fraction of sp³-hybridized carbons (Fsp3) is 0.250. The molecule has 0 fully saturated rings. The topological polar surface area (TPSA) is 12.9 Å². The third-order valence-corrected chi connectivity index (χ3v) is 2.22. The van der Waals surface area contributed by atoms with E-state index in [-0.39, 0.29) is 0 Å². The van der Waals surface area contributed by atoms with Gasteiger partial charge >= 0.3 is 0 Å². The van der Waals surface area contributed by atoms with Crippen LogP contribution < -0.4 is 0 Å². The van der Waals surface area contributed by atoms with E-state index >= 15 is 0 Å². The minimum absolute atomic E-state index is 1.04. The van der Waals surface area contributed by atoms with Crippen LogP contribution in [0.4, 0.5) is 0 Å². The molecule has 0 radical (unpaired) electrons. The van der Waals surface area contributed by atoms with Gasteiger partial charge < -0.3 is 0 Å². The van der Waals surface area contributed by atoms with E-state index in [2.05, 4.69) is 31.5 Å². The van der Waals surface area contributed by atoms with Gasteiger partial charge in [-0.25, -0.2) is 0 Å². The van der Waals surface area contributed by atoms with Crippen molar-refractivity contribution in [3.8, 4) is 0 Å². The third-order valence-electron chi connectivity index (χ3n) is 2.22. The molecule has 0 atom stereocenters. The molecular formula is C12H15N. The minimum Gasteiger partial charge on any atom is -0.256 e. The zero-order valence-corrected chi connectivity index (χ0v) is 8.46. The van der Waals surface area contributed by atoms with Crippen molar-refractivity contribution in [2.45, 2.75) is 20.8 Å². The Morgan fingerprint density at radius 2 is 2.23 bits per heavy atom. The molecule has 0 unspecified atom stereocenters. The zero-order chi connectivity index (χ0) is 9.84. The van der Waals surface area contributed by atoms with Gasteiger partial charge in [0.25, 0.3) is 0 Å². The first-order valence-corrected chi connectivity index (χ1v) is 4.42. The predicted octanol–water partition coefficient (Wildman–Crippen LogP) is 3.46. The van der Waals surface area contributed by atoms with Crippen LogP contribution in [0.1, 0.15) is 30.7 Å². The zero-order valence-electron chi connectivity index (χ0n) is 8.46. The number of hydrogen-bond donors (Lipinski definition) is 0. The molecule has 0 amide bonds. The number of hydrogen-bond acceptors (Lipinski definition) is 1. The first kappa shape index (κ1) is 9.72. The van der Waals surface area contributed by atoms with E-state index in [0.29, 0.717) is 0 Å². The van der Waals surface area contributed by atoms with E-state index in [0.717, 1.165) is 11.3 Å². The van der Waals surface area contributed by atoms with Crippen LogP contribution in [-0.4, -0.2) is 4.98 Å². The largest absolute Gasteiger partial charge is 0.256 e. The maximum Gasteiger partial charge on any atom is 0.0730 e. The molecule has 1 heterocycles. The smallest absolute Gasteiger partial charge is 0.0730 e. The van der Waals surface area contributed by atoms with Crippen LogP contribution in [0.2, 0.25) is 0 Å². The highest BCUT2D eigenvalue weighted by molar-refractivity contribution is 5.71. The second-order valence-electron chi connectivity index (χ2n) is 3.07. The van der Waals surface area contributed by atoms with Crippen LogP contribution in [0.25, 0.3) is 11.6 Å². The Morgan fingerprint density at radius 1 is 1.54 bits per heavy atom. The Hall–Kier alpha value is -1.37. The molecule has 0 saturated carbocycles. The predicted molar refractivity (Wildman–Crippen MR) is 58.4 cm³/mol. The molecule has 0 saturated heterocycles. The number of allylic oxidation sites excluding steroid dienone is 2. The highest BCUT2D eigenvalue weighted by Crippen LogP contribution is 2.19. The van der Waals surface area contributed by atoms with Crippen molar-refractivity contribution in [2.75, 3.05) is 0 Å². The average Bonchev–Trinajstić information content (AvgIpc) is 2.16. The van der Waals surface area contributed by atoms with E-state index in [1.54, 1.807) is 0 Å². The molecule has 0 spiro atoms. The van der Waals surface area contributed by atoms with Gasteiger partial charge in [-0.2, -0.15) is 0 Å². The summed E-state index contributed by atoms with van der Waals surface area (Å²) in [7, 11) is 0. The molecule has 0 aromatic carbocycles. The van der Waals surface area contributed by atoms with Gasteiger partial charge in [-0.05, 0) is 38.0 Å². The molecule has 0 bridgehead atoms. The van der Waals surface area contributed by atoms with Crippen LogP contribution in [0.5, 0.6) is 0 Å². The van der Waals surface area contributed by atoms with Crippen molar-refractivity contribution < 1.29 is 0 Å². The van der Waals surface area contributed by atoms with Crippen LogP contribution in [0.3, 0.4) is 0 Å². The summed E-state index contributed by atoms with van der Waals surface area (Å²) in [6.07, 6.45) is 5.77. The lowest BCUT2D eigenvalue weighted by atomic mass is 10.0. The summed E-state index contributed by atoms with van der Waals surface area (Å²) >= 11 is 0. The van der Waals surface area contributed by atoms with Gasteiger partial charge in [0, 0.05) is 11.8 Å². The molecular weight excluding hydrogens is 158 g/mol. The lowest BCUT2D eigenvalue weighted by Gasteiger charge is -2.07. The van der Waals surface area contributed by atoms with Gasteiger partial charge in [-0.15, -0.1) is 0 Å². The molecule has 1 rings (SSSR count). The van der Waals surface area contributed by atoms with E-state index in [9.17, 15) is 0 Å². The van der Waals surface area contributed by atoms with Gasteiger partial charge in [0.1, 0.15) is 0 Å². The summed E-state index contributed by atoms with van der Waals surface area (Å²) in [5, 5.41) is 0. The van der Waals surface area contributed by atoms with Gasteiger partial charge in [-0.3, -0.25) is 4.98 Å². The summed E-state index contributed by atoms with van der Waals surface area (Å²) in [6, 6.07) is 2.00. The number of rotatable bonds is 2. The van der Waals surface area contributed by atoms with Crippen LogP contribution in [0.15, 0.2) is 24.9 Å². The number of aryl methyl sites for hydroxylation is 1. The van der Waals surface area contributed by atoms with E-state index < -0.39 is 0 Å². The van der Waals surface area contributed by atoms with Crippen LogP contribution in [0, 0.1) is 6.92 Å². The van der Waals surface area contributed by atoms with Crippen molar-refractivity contribution in [2.24, 2.45) is 0 Å². The van der Waals surface area contributed by atoms with Crippen molar-refractivity contribution in [1.82, 2.24) is 4.98 Å². The molecule has 68 valence electrons. The Balaban J connectivity index is 3.36. The fourth-order valence-electron chi connectivity index (χ4n) is 1.28. The first-order valence-electron chi connectivity index (χ1n) is 4.42. The van der Waals surface area contributed by atoms with Gasteiger partial charge in [-0.1, -0.05) is 18.7 Å². The van der Waals surface area contributed by atoms with E-state index in [1.165, 1.54) is 11.1 Å². The molecule has 0 N–H and O–H groups in total. The highest BCUT2D eigenvalue weighted by Gasteiger charge is 2.03. The number of nitrogens with zero attached hydrogens (tertiary/aromatic N) is 1. The Kier molecular flexibility index (Phi) is 3.02. The van der Waals surface area contributed by atoms with Crippen molar-refractivity contribution in [3.05, 3.63) is 41.7 Å². The van der Waals surface area contributed by atoms with Gasteiger partial charge in [0.15, 0.2) is 0 Å². The van der Waals surface area contributed by atoms with Crippen LogP contribution in [-0.2, 0) is 0 Å². The highest BCUT2D eigenvalue weighted by atomic mass is 14.7. The Labute approximate surface area is 79.8 Å². The standard InChI is InChI=1S/C12H15N/c1-5-9(3)12-11(6-2)10(4)7-8-13-12/h5-8H,2H2,1,3-4H3/b9-5-. The molecule has 0 aliphatic heterocycles. The summed E-state index contributed by atoms with van der Waals surface area (Å²) < 4.78 is 0. The molecule has 0 aliphatic carbocycles. The van der Waals surface area contributed by atoms with Gasteiger partial charge in [0.05, 0.1) is 5.69 Å². The molecule has 1 heteroatoms. The molecule has 1 nitrogen and oxygen atoms in total. The van der Waals surface area contributed by atoms with Crippen molar-refractivity contribution >= 4 is 11.6 Å². The normalized spacial score (nSPS) is 11.5.